The van der Waals surface area contributed by atoms with E-state index < -0.39 is 17.2 Å². The number of fused-ring (bicyclic) bond motifs is 1. The van der Waals surface area contributed by atoms with Crippen molar-refractivity contribution in [3.8, 4) is 5.75 Å². The van der Waals surface area contributed by atoms with E-state index in [9.17, 15) is 19.5 Å². The number of carbonyl (C=O) groups is 2. The van der Waals surface area contributed by atoms with Crippen LogP contribution in [-0.2, 0) is 19.1 Å². The average Bonchev–Trinajstić information content (AvgIpc) is 2.58. The molecule has 134 valence electrons. The number of hydrogen-bond donors (Lipinski definition) is 1. The first-order chi connectivity index (χ1) is 11.9. The highest BCUT2D eigenvalue weighted by Gasteiger charge is 2.30. The predicted molar refractivity (Wildman–Crippen MR) is 86.2 cm³/mol. The Morgan fingerprint density at radius 2 is 2.04 bits per heavy atom. The number of carbonyl (C=O) groups excluding carboxylic acids is 2. The van der Waals surface area contributed by atoms with Crippen molar-refractivity contribution in [2.45, 2.75) is 18.9 Å². The average molecular weight is 350 g/mol. The molecule has 8 heteroatoms. The van der Waals surface area contributed by atoms with E-state index in [0.717, 1.165) is 5.39 Å². The maximum Gasteiger partial charge on any atom is 0.336 e. The highest BCUT2D eigenvalue weighted by Crippen LogP contribution is 2.20. The van der Waals surface area contributed by atoms with Crippen molar-refractivity contribution < 1.29 is 33.3 Å². The molecule has 0 aliphatic carbocycles. The van der Waals surface area contributed by atoms with Gasteiger partial charge < -0.3 is 23.7 Å². The summed E-state index contributed by atoms with van der Waals surface area (Å²) in [6.45, 7) is 0.805. The second-order valence-electron chi connectivity index (χ2n) is 5.46. The molecule has 1 heterocycles. The summed E-state index contributed by atoms with van der Waals surface area (Å²) in [6.07, 6.45) is 0.0465. The summed E-state index contributed by atoms with van der Waals surface area (Å²) in [7, 11) is 0. The zero-order valence-corrected chi connectivity index (χ0v) is 13.6. The predicted octanol–water partition coefficient (Wildman–Crippen LogP) is 1.03. The molecule has 0 radical (unpaired) electrons. The molecule has 2 aromatic rings. The molecule has 0 fully saturated rings. The second-order valence-corrected chi connectivity index (χ2v) is 5.46. The van der Waals surface area contributed by atoms with Gasteiger partial charge in [-0.3, -0.25) is 9.59 Å². The van der Waals surface area contributed by atoms with E-state index in [1.54, 1.807) is 24.3 Å². The molecular weight excluding hydrogens is 332 g/mol. The fraction of sp³-hybridized carbons (Fsp3) is 0.353. The maximum atomic E-state index is 11.2. The standard InChI is InChI=1S/C17H18O8/c1-12(19)24-10-17(21,9-22-11-18)6-7-23-14-4-2-13-3-5-16(20)25-15(13)8-14/h2-5,8,11,21H,6-7,9-10H2,1H3. The number of esters is 1. The SMILES string of the molecule is CC(=O)OCC(O)(CCOc1ccc2ccc(=O)oc2c1)COC=O. The number of rotatable bonds is 9. The zero-order valence-electron chi connectivity index (χ0n) is 13.6. The molecule has 8 nitrogen and oxygen atoms in total. The van der Waals surface area contributed by atoms with Crippen LogP contribution < -0.4 is 10.4 Å². The fourth-order valence-electron chi connectivity index (χ4n) is 2.10. The van der Waals surface area contributed by atoms with Gasteiger partial charge in [-0.2, -0.15) is 0 Å². The minimum atomic E-state index is -1.56. The molecule has 0 spiro atoms. The number of ether oxygens (including phenoxy) is 3. The van der Waals surface area contributed by atoms with Crippen LogP contribution in [0.5, 0.6) is 5.75 Å². The van der Waals surface area contributed by atoms with Gasteiger partial charge in [0.05, 0.1) is 6.61 Å². The van der Waals surface area contributed by atoms with Crippen LogP contribution in [0.25, 0.3) is 11.0 Å². The number of benzene rings is 1. The van der Waals surface area contributed by atoms with E-state index in [1.807, 2.05) is 0 Å². The first kappa shape index (κ1) is 18.5. The highest BCUT2D eigenvalue weighted by atomic mass is 16.6. The van der Waals surface area contributed by atoms with E-state index in [1.165, 1.54) is 13.0 Å². The Hall–Kier alpha value is -2.87. The molecule has 2 rings (SSSR count). The van der Waals surface area contributed by atoms with Crippen molar-refractivity contribution in [3.63, 3.8) is 0 Å². The van der Waals surface area contributed by atoms with Gasteiger partial charge in [-0.1, -0.05) is 0 Å². The minimum absolute atomic E-state index is 0.0465. The highest BCUT2D eigenvalue weighted by molar-refractivity contribution is 5.77. The van der Waals surface area contributed by atoms with Crippen molar-refractivity contribution >= 4 is 23.4 Å². The second kappa shape index (κ2) is 8.29. The Morgan fingerprint density at radius 3 is 2.76 bits per heavy atom. The normalized spacial score (nSPS) is 13.0. The van der Waals surface area contributed by atoms with Crippen LogP contribution in [0.3, 0.4) is 0 Å². The molecule has 1 unspecified atom stereocenters. The summed E-state index contributed by atoms with van der Waals surface area (Å²) >= 11 is 0. The van der Waals surface area contributed by atoms with Crippen molar-refractivity contribution in [1.82, 2.24) is 0 Å². The summed E-state index contributed by atoms with van der Waals surface area (Å²) in [4.78, 5) is 32.5. The monoisotopic (exact) mass is 350 g/mol. The van der Waals surface area contributed by atoms with Crippen LogP contribution in [0.2, 0.25) is 0 Å². The molecule has 0 aliphatic rings. The molecule has 0 aliphatic heterocycles. The third-order valence-corrected chi connectivity index (χ3v) is 3.39. The van der Waals surface area contributed by atoms with Crippen LogP contribution in [0.1, 0.15) is 13.3 Å². The van der Waals surface area contributed by atoms with Crippen LogP contribution in [-0.4, -0.2) is 43.0 Å². The third-order valence-electron chi connectivity index (χ3n) is 3.39. The smallest absolute Gasteiger partial charge is 0.336 e. The number of aliphatic hydroxyl groups is 1. The van der Waals surface area contributed by atoms with Crippen LogP contribution in [0, 0.1) is 0 Å². The Kier molecular flexibility index (Phi) is 6.13. The fourth-order valence-corrected chi connectivity index (χ4v) is 2.10. The van der Waals surface area contributed by atoms with E-state index in [4.69, 9.17) is 13.9 Å². The van der Waals surface area contributed by atoms with Crippen molar-refractivity contribution in [3.05, 3.63) is 40.8 Å². The topological polar surface area (TPSA) is 112 Å². The quantitative estimate of drug-likeness (QED) is 0.405. The van der Waals surface area contributed by atoms with Gasteiger partial charge in [0, 0.05) is 30.9 Å². The van der Waals surface area contributed by atoms with Crippen LogP contribution in [0.15, 0.2) is 39.5 Å². The molecular formula is C17H18O8. The molecule has 0 bridgehead atoms. The Balaban J connectivity index is 1.99. The van der Waals surface area contributed by atoms with Gasteiger partial charge in [-0.05, 0) is 18.2 Å². The van der Waals surface area contributed by atoms with E-state index in [0.29, 0.717) is 11.3 Å². The van der Waals surface area contributed by atoms with Crippen LogP contribution in [0.4, 0.5) is 0 Å². The Bertz CT molecular complexity index is 797. The van der Waals surface area contributed by atoms with Gasteiger partial charge in [0.2, 0.25) is 0 Å². The molecule has 1 N–H and O–H groups in total. The summed E-state index contributed by atoms with van der Waals surface area (Å²) in [5.41, 5.74) is -1.65. The lowest BCUT2D eigenvalue weighted by Crippen LogP contribution is -2.41. The molecule has 1 aromatic carbocycles. The van der Waals surface area contributed by atoms with Gasteiger partial charge in [-0.25, -0.2) is 4.79 Å². The minimum Gasteiger partial charge on any atom is -0.493 e. The largest absolute Gasteiger partial charge is 0.493 e. The summed E-state index contributed by atoms with van der Waals surface area (Å²) in [5.74, 6) is -0.122. The summed E-state index contributed by atoms with van der Waals surface area (Å²) in [5, 5.41) is 11.1. The van der Waals surface area contributed by atoms with Crippen molar-refractivity contribution in [2.24, 2.45) is 0 Å². The van der Waals surface area contributed by atoms with Crippen LogP contribution >= 0.6 is 0 Å². The van der Waals surface area contributed by atoms with Crippen molar-refractivity contribution in [2.75, 3.05) is 19.8 Å². The zero-order chi connectivity index (χ0) is 18.3. The Labute approximate surface area is 142 Å². The molecule has 0 saturated carbocycles. The van der Waals surface area contributed by atoms with Gasteiger partial charge in [0.1, 0.15) is 30.1 Å². The Morgan fingerprint density at radius 1 is 1.28 bits per heavy atom. The van der Waals surface area contributed by atoms with Gasteiger partial charge >= 0.3 is 11.6 Å². The van der Waals surface area contributed by atoms with E-state index >= 15 is 0 Å². The first-order valence-electron chi connectivity index (χ1n) is 7.50. The lowest BCUT2D eigenvalue weighted by molar-refractivity contribution is -0.157. The van der Waals surface area contributed by atoms with E-state index in [2.05, 4.69) is 4.74 Å². The molecule has 0 saturated heterocycles. The summed E-state index contributed by atoms with van der Waals surface area (Å²) < 4.78 is 20.0. The number of hydrogen-bond acceptors (Lipinski definition) is 8. The third kappa shape index (κ3) is 5.61. The van der Waals surface area contributed by atoms with Gasteiger partial charge in [0.25, 0.3) is 6.47 Å². The first-order valence-corrected chi connectivity index (χ1v) is 7.50. The molecule has 1 atom stereocenters. The maximum absolute atomic E-state index is 11.2. The summed E-state index contributed by atoms with van der Waals surface area (Å²) in [6, 6.07) is 7.94. The molecule has 1 aromatic heterocycles. The molecule has 25 heavy (non-hydrogen) atoms. The van der Waals surface area contributed by atoms with E-state index in [-0.39, 0.29) is 32.7 Å². The lowest BCUT2D eigenvalue weighted by atomic mass is 10.0. The van der Waals surface area contributed by atoms with Gasteiger partial charge in [-0.15, -0.1) is 0 Å². The van der Waals surface area contributed by atoms with Crippen molar-refractivity contribution in [1.29, 1.82) is 0 Å². The lowest BCUT2D eigenvalue weighted by Gasteiger charge is -2.26. The van der Waals surface area contributed by atoms with Gasteiger partial charge in [0.15, 0.2) is 0 Å². The molecule has 0 amide bonds.